The van der Waals surface area contributed by atoms with Crippen LogP contribution in [0.15, 0.2) is 70.3 Å². The van der Waals surface area contributed by atoms with Gasteiger partial charge in [-0.2, -0.15) is 0 Å². The number of rotatable bonds is 4. The van der Waals surface area contributed by atoms with E-state index in [2.05, 4.69) is 0 Å². The van der Waals surface area contributed by atoms with Crippen LogP contribution in [-0.2, 0) is 4.79 Å². The quantitative estimate of drug-likeness (QED) is 0.580. The highest BCUT2D eigenvalue weighted by atomic mass is 16.3. The fourth-order valence-corrected chi connectivity index (χ4v) is 4.84. The Bertz CT molecular complexity index is 1170. The van der Waals surface area contributed by atoms with Gasteiger partial charge in [0.1, 0.15) is 11.3 Å². The average Bonchev–Trinajstić information content (AvgIpc) is 3.33. The summed E-state index contributed by atoms with van der Waals surface area (Å²) in [6.45, 7) is 0. The molecular formula is C25H23NO5. The Morgan fingerprint density at radius 3 is 2.48 bits per heavy atom. The minimum atomic E-state index is -0.775. The molecule has 2 N–H and O–H groups in total. The standard InChI is InChI=1S/C25H23NO5/c27-18-11-6-8-16(13-18)22-21(23(28)20-14-15-7-4-5-12-19(15)31-20)24(29)25(30)26(22)17-9-2-1-3-10-17/h4-8,11-14,17,22,27,29H,1-3,9-10H2. The van der Waals surface area contributed by atoms with Crippen LogP contribution in [0.25, 0.3) is 11.0 Å². The predicted molar refractivity (Wildman–Crippen MR) is 115 cm³/mol. The zero-order valence-corrected chi connectivity index (χ0v) is 17.0. The molecular weight excluding hydrogens is 394 g/mol. The number of phenols is 1. The lowest BCUT2D eigenvalue weighted by Crippen LogP contribution is -2.41. The molecule has 158 valence electrons. The lowest BCUT2D eigenvalue weighted by Gasteiger charge is -2.36. The van der Waals surface area contributed by atoms with Crippen LogP contribution in [-0.4, -0.2) is 32.8 Å². The van der Waals surface area contributed by atoms with Crippen molar-refractivity contribution in [3.05, 3.63) is 77.3 Å². The van der Waals surface area contributed by atoms with Crippen molar-refractivity contribution < 1.29 is 24.2 Å². The maximum absolute atomic E-state index is 13.5. The summed E-state index contributed by atoms with van der Waals surface area (Å²) < 4.78 is 5.74. The molecule has 2 heterocycles. The van der Waals surface area contributed by atoms with E-state index in [4.69, 9.17) is 4.42 Å². The van der Waals surface area contributed by atoms with Crippen molar-refractivity contribution in [2.24, 2.45) is 0 Å². The Morgan fingerprint density at radius 1 is 0.968 bits per heavy atom. The van der Waals surface area contributed by atoms with Gasteiger partial charge in [-0.1, -0.05) is 49.6 Å². The number of aromatic hydroxyl groups is 1. The Morgan fingerprint density at radius 2 is 1.74 bits per heavy atom. The lowest BCUT2D eigenvalue weighted by molar-refractivity contribution is -0.132. The number of carbonyl (C=O) groups excluding carboxylic acids is 2. The van der Waals surface area contributed by atoms with E-state index in [0.29, 0.717) is 11.1 Å². The molecule has 1 aliphatic carbocycles. The van der Waals surface area contributed by atoms with Crippen LogP contribution in [0.1, 0.15) is 54.3 Å². The number of fused-ring (bicyclic) bond motifs is 1. The number of ketones is 1. The molecule has 0 bridgehead atoms. The monoisotopic (exact) mass is 417 g/mol. The Kier molecular flexibility index (Phi) is 4.77. The summed E-state index contributed by atoms with van der Waals surface area (Å²) >= 11 is 0. The van der Waals surface area contributed by atoms with Gasteiger partial charge in [-0.15, -0.1) is 0 Å². The normalized spacial score (nSPS) is 20.1. The summed E-state index contributed by atoms with van der Waals surface area (Å²) in [6, 6.07) is 14.6. The number of carbonyl (C=O) groups is 2. The van der Waals surface area contributed by atoms with Crippen LogP contribution in [0.5, 0.6) is 5.75 Å². The van der Waals surface area contributed by atoms with Gasteiger partial charge < -0.3 is 19.5 Å². The number of hydrogen-bond donors (Lipinski definition) is 2. The number of Topliss-reactive ketones (excluding diaryl/α,β-unsaturated/α-hetero) is 1. The molecule has 0 radical (unpaired) electrons. The van der Waals surface area contributed by atoms with Crippen LogP contribution >= 0.6 is 0 Å². The van der Waals surface area contributed by atoms with Gasteiger partial charge in [0.05, 0.1) is 11.6 Å². The highest BCUT2D eigenvalue weighted by Crippen LogP contribution is 2.43. The van der Waals surface area contributed by atoms with Crippen molar-refractivity contribution in [3.63, 3.8) is 0 Å². The number of para-hydroxylation sites is 1. The van der Waals surface area contributed by atoms with E-state index >= 15 is 0 Å². The van der Waals surface area contributed by atoms with E-state index in [1.807, 2.05) is 18.2 Å². The zero-order valence-electron chi connectivity index (χ0n) is 17.0. The molecule has 0 saturated heterocycles. The maximum atomic E-state index is 13.5. The minimum absolute atomic E-state index is 0.000213. The van der Waals surface area contributed by atoms with Crippen LogP contribution < -0.4 is 0 Å². The number of nitrogens with zero attached hydrogens (tertiary/aromatic N) is 1. The third-order valence-corrected chi connectivity index (χ3v) is 6.29. The molecule has 6 nitrogen and oxygen atoms in total. The van der Waals surface area contributed by atoms with Crippen molar-refractivity contribution >= 4 is 22.7 Å². The van der Waals surface area contributed by atoms with Crippen molar-refractivity contribution in [3.8, 4) is 5.75 Å². The number of aliphatic hydroxyl groups is 1. The van der Waals surface area contributed by atoms with Gasteiger partial charge in [-0.05, 0) is 42.7 Å². The van der Waals surface area contributed by atoms with Crippen LogP contribution in [0, 0.1) is 0 Å². The van der Waals surface area contributed by atoms with E-state index in [1.54, 1.807) is 29.2 Å². The van der Waals surface area contributed by atoms with Gasteiger partial charge in [0.2, 0.25) is 5.78 Å². The van der Waals surface area contributed by atoms with E-state index < -0.39 is 23.5 Å². The van der Waals surface area contributed by atoms with Crippen molar-refractivity contribution in [2.75, 3.05) is 0 Å². The molecule has 3 aromatic rings. The first-order chi connectivity index (χ1) is 15.0. The third-order valence-electron chi connectivity index (χ3n) is 6.29. The summed E-state index contributed by atoms with van der Waals surface area (Å²) in [4.78, 5) is 28.3. The number of phenolic OH excluding ortho intramolecular Hbond substituents is 1. The highest BCUT2D eigenvalue weighted by Gasteiger charge is 2.47. The van der Waals surface area contributed by atoms with Gasteiger partial charge in [0, 0.05) is 11.4 Å². The minimum Gasteiger partial charge on any atom is -0.508 e. The molecule has 1 aliphatic heterocycles. The molecule has 6 heteroatoms. The van der Waals surface area contributed by atoms with Gasteiger partial charge >= 0.3 is 0 Å². The second-order valence-electron chi connectivity index (χ2n) is 8.24. The summed E-state index contributed by atoms with van der Waals surface area (Å²) in [7, 11) is 0. The number of aliphatic hydroxyl groups excluding tert-OH is 1. The van der Waals surface area contributed by atoms with Crippen LogP contribution in [0.4, 0.5) is 0 Å². The SMILES string of the molecule is O=C(C1=C(O)C(=O)N(C2CCCCC2)C1c1cccc(O)c1)c1cc2ccccc2o1. The molecule has 1 saturated carbocycles. The van der Waals surface area contributed by atoms with Crippen molar-refractivity contribution in [2.45, 2.75) is 44.2 Å². The van der Waals surface area contributed by atoms with Gasteiger partial charge in [-0.3, -0.25) is 9.59 Å². The second kappa shape index (κ2) is 7.61. The van der Waals surface area contributed by atoms with Gasteiger partial charge in [0.25, 0.3) is 5.91 Å². The largest absolute Gasteiger partial charge is 0.508 e. The number of hydrogen-bond acceptors (Lipinski definition) is 5. The Labute approximate surface area is 179 Å². The van der Waals surface area contributed by atoms with Crippen LogP contribution in [0.3, 0.4) is 0 Å². The van der Waals surface area contributed by atoms with Crippen molar-refractivity contribution in [1.29, 1.82) is 0 Å². The molecule has 1 unspecified atom stereocenters. The number of benzene rings is 2. The fourth-order valence-electron chi connectivity index (χ4n) is 4.84. The summed E-state index contributed by atoms with van der Waals surface area (Å²) in [6.07, 6.45) is 4.74. The van der Waals surface area contributed by atoms with E-state index in [0.717, 1.165) is 37.5 Å². The molecule has 31 heavy (non-hydrogen) atoms. The highest BCUT2D eigenvalue weighted by molar-refractivity contribution is 6.16. The Balaban J connectivity index is 1.62. The van der Waals surface area contributed by atoms with Crippen LogP contribution in [0.2, 0.25) is 0 Å². The van der Waals surface area contributed by atoms with E-state index in [9.17, 15) is 19.8 Å². The average molecular weight is 417 g/mol. The first kappa shape index (κ1) is 19.4. The summed E-state index contributed by atoms with van der Waals surface area (Å²) in [5.74, 6) is -1.49. The lowest BCUT2D eigenvalue weighted by atomic mass is 9.90. The maximum Gasteiger partial charge on any atom is 0.290 e. The third kappa shape index (κ3) is 3.28. The molecule has 1 fully saturated rings. The zero-order chi connectivity index (χ0) is 21.5. The summed E-state index contributed by atoms with van der Waals surface area (Å²) in [5, 5.41) is 21.7. The van der Waals surface area contributed by atoms with Gasteiger partial charge in [-0.25, -0.2) is 0 Å². The van der Waals surface area contributed by atoms with Crippen molar-refractivity contribution in [1.82, 2.24) is 4.90 Å². The fraction of sp³-hybridized carbons (Fsp3) is 0.280. The Hall–Kier alpha value is -3.54. The molecule has 1 atom stereocenters. The van der Waals surface area contributed by atoms with E-state index in [1.165, 1.54) is 12.1 Å². The molecule has 2 aromatic carbocycles. The predicted octanol–water partition coefficient (Wildman–Crippen LogP) is 5.05. The summed E-state index contributed by atoms with van der Waals surface area (Å²) in [5.41, 5.74) is 1.15. The molecule has 1 amide bonds. The smallest absolute Gasteiger partial charge is 0.290 e. The van der Waals surface area contributed by atoms with E-state index in [-0.39, 0.29) is 23.1 Å². The second-order valence-corrected chi connectivity index (χ2v) is 8.24. The molecule has 0 spiro atoms. The topological polar surface area (TPSA) is 91.0 Å². The molecule has 2 aliphatic rings. The molecule has 5 rings (SSSR count). The number of amides is 1. The first-order valence-electron chi connectivity index (χ1n) is 10.6. The van der Waals surface area contributed by atoms with Gasteiger partial charge in [0.15, 0.2) is 11.5 Å². The first-order valence-corrected chi connectivity index (χ1v) is 10.6. The number of furan rings is 1. The molecule has 1 aromatic heterocycles.